The van der Waals surface area contributed by atoms with E-state index in [1.807, 2.05) is 0 Å². The number of anilines is 1. The topological polar surface area (TPSA) is 75.4 Å². The summed E-state index contributed by atoms with van der Waals surface area (Å²) >= 11 is 3.11. The van der Waals surface area contributed by atoms with Gasteiger partial charge in [-0.2, -0.15) is 0 Å². The zero-order valence-corrected chi connectivity index (χ0v) is 13.1. The zero-order valence-electron chi connectivity index (χ0n) is 11.5. The molecule has 0 radical (unpaired) electrons. The van der Waals surface area contributed by atoms with Gasteiger partial charge in [0, 0.05) is 17.6 Å². The van der Waals surface area contributed by atoms with Crippen LogP contribution in [0.1, 0.15) is 29.6 Å². The Morgan fingerprint density at radius 2 is 1.95 bits per heavy atom. The molecule has 0 atom stereocenters. The summed E-state index contributed by atoms with van der Waals surface area (Å²) in [5.74, 6) is -1.16. The number of amides is 2. The second-order valence-electron chi connectivity index (χ2n) is 4.98. The fourth-order valence-electron chi connectivity index (χ4n) is 2.25. The van der Waals surface area contributed by atoms with Crippen molar-refractivity contribution < 1.29 is 14.0 Å². The van der Waals surface area contributed by atoms with E-state index >= 15 is 0 Å². The van der Waals surface area contributed by atoms with Crippen LogP contribution >= 0.6 is 15.9 Å². The summed E-state index contributed by atoms with van der Waals surface area (Å²) in [5, 5.41) is 2.55. The minimum Gasteiger partial charge on any atom is -0.396 e. The molecule has 1 aromatic carbocycles. The molecule has 2 rings (SSSR count). The minimum absolute atomic E-state index is 0.0669. The second kappa shape index (κ2) is 6.89. The number of hydrogen-bond acceptors (Lipinski definition) is 3. The average Bonchev–Trinajstić information content (AvgIpc) is 2.49. The Hall–Kier alpha value is -1.63. The van der Waals surface area contributed by atoms with Gasteiger partial charge in [-0.25, -0.2) is 4.39 Å². The smallest absolute Gasteiger partial charge is 0.252 e. The van der Waals surface area contributed by atoms with Crippen molar-refractivity contribution in [1.29, 1.82) is 0 Å². The summed E-state index contributed by atoms with van der Waals surface area (Å²) < 4.78 is 13.5. The molecule has 114 valence electrons. The van der Waals surface area contributed by atoms with Gasteiger partial charge in [-0.05, 0) is 47.3 Å². The highest BCUT2D eigenvalue weighted by molar-refractivity contribution is 9.10. The van der Waals surface area contributed by atoms with Gasteiger partial charge in [-0.15, -0.1) is 0 Å². The monoisotopic (exact) mass is 357 g/mol. The van der Waals surface area contributed by atoms with Gasteiger partial charge in [0.05, 0.1) is 17.8 Å². The SMILES string of the molecule is Nc1cc(C(=O)NCC(=O)N2CCCCC2)c(Br)cc1F. The van der Waals surface area contributed by atoms with Crippen molar-refractivity contribution in [2.45, 2.75) is 19.3 Å². The van der Waals surface area contributed by atoms with Crippen molar-refractivity contribution in [3.8, 4) is 0 Å². The molecule has 0 aliphatic carbocycles. The first-order valence-corrected chi connectivity index (χ1v) is 7.59. The Bertz CT molecular complexity index is 559. The normalized spacial score (nSPS) is 14.9. The summed E-state index contributed by atoms with van der Waals surface area (Å²) in [6.45, 7) is 1.41. The van der Waals surface area contributed by atoms with Crippen LogP contribution in [0.2, 0.25) is 0 Å². The van der Waals surface area contributed by atoms with Crippen LogP contribution in [0.3, 0.4) is 0 Å². The van der Waals surface area contributed by atoms with Crippen LogP contribution in [0.15, 0.2) is 16.6 Å². The number of nitrogens with one attached hydrogen (secondary N) is 1. The van der Waals surface area contributed by atoms with E-state index in [-0.39, 0.29) is 23.7 Å². The van der Waals surface area contributed by atoms with Crippen LogP contribution in [0.4, 0.5) is 10.1 Å². The molecule has 1 aromatic rings. The highest BCUT2D eigenvalue weighted by atomic mass is 79.9. The number of benzene rings is 1. The van der Waals surface area contributed by atoms with Crippen molar-refractivity contribution in [2.24, 2.45) is 0 Å². The van der Waals surface area contributed by atoms with Crippen molar-refractivity contribution in [1.82, 2.24) is 10.2 Å². The molecule has 1 fully saturated rings. The zero-order chi connectivity index (χ0) is 15.4. The second-order valence-corrected chi connectivity index (χ2v) is 5.83. The highest BCUT2D eigenvalue weighted by Gasteiger charge is 2.18. The molecule has 21 heavy (non-hydrogen) atoms. The number of halogens is 2. The maximum atomic E-state index is 13.2. The lowest BCUT2D eigenvalue weighted by atomic mass is 10.1. The lowest BCUT2D eigenvalue weighted by Crippen LogP contribution is -2.42. The molecule has 3 N–H and O–H groups in total. The predicted molar refractivity (Wildman–Crippen MR) is 81.3 cm³/mol. The summed E-state index contributed by atoms with van der Waals surface area (Å²) in [4.78, 5) is 25.7. The van der Waals surface area contributed by atoms with Crippen molar-refractivity contribution in [3.63, 3.8) is 0 Å². The molecule has 5 nitrogen and oxygen atoms in total. The van der Waals surface area contributed by atoms with Gasteiger partial charge in [0.25, 0.3) is 5.91 Å². The number of nitrogen functional groups attached to an aromatic ring is 1. The maximum absolute atomic E-state index is 13.2. The Morgan fingerprint density at radius 1 is 1.29 bits per heavy atom. The molecular weight excluding hydrogens is 341 g/mol. The minimum atomic E-state index is -0.595. The molecule has 0 unspecified atom stereocenters. The van der Waals surface area contributed by atoms with Crippen LogP contribution in [0.5, 0.6) is 0 Å². The molecule has 0 saturated carbocycles. The Balaban J connectivity index is 1.95. The summed E-state index contributed by atoms with van der Waals surface area (Å²) in [7, 11) is 0. The van der Waals surface area contributed by atoms with E-state index in [0.29, 0.717) is 4.47 Å². The Morgan fingerprint density at radius 3 is 2.62 bits per heavy atom. The van der Waals surface area contributed by atoms with E-state index < -0.39 is 11.7 Å². The summed E-state index contributed by atoms with van der Waals surface area (Å²) in [5.41, 5.74) is 5.55. The molecule has 1 aliphatic heterocycles. The largest absolute Gasteiger partial charge is 0.396 e. The van der Waals surface area contributed by atoms with Gasteiger partial charge in [-0.1, -0.05) is 0 Å². The molecule has 0 aromatic heterocycles. The number of rotatable bonds is 3. The van der Waals surface area contributed by atoms with Crippen LogP contribution < -0.4 is 11.1 Å². The van der Waals surface area contributed by atoms with Crippen LogP contribution in [0.25, 0.3) is 0 Å². The van der Waals surface area contributed by atoms with Crippen LogP contribution in [-0.4, -0.2) is 36.3 Å². The van der Waals surface area contributed by atoms with E-state index in [9.17, 15) is 14.0 Å². The first-order chi connectivity index (χ1) is 9.99. The number of nitrogens with two attached hydrogens (primary N) is 1. The van der Waals surface area contributed by atoms with Crippen molar-refractivity contribution in [2.75, 3.05) is 25.4 Å². The third-order valence-corrected chi connectivity index (χ3v) is 4.10. The summed E-state index contributed by atoms with van der Waals surface area (Å²) in [6.07, 6.45) is 3.14. The predicted octanol–water partition coefficient (Wildman–Crippen LogP) is 1.91. The number of piperidine rings is 1. The van der Waals surface area contributed by atoms with Crippen LogP contribution in [-0.2, 0) is 4.79 Å². The molecule has 1 heterocycles. The Labute approximate surface area is 130 Å². The van der Waals surface area contributed by atoms with Crippen molar-refractivity contribution >= 4 is 33.4 Å². The molecule has 7 heteroatoms. The molecule has 0 bridgehead atoms. The van der Waals surface area contributed by atoms with Crippen LogP contribution in [0, 0.1) is 5.82 Å². The highest BCUT2D eigenvalue weighted by Crippen LogP contribution is 2.22. The quantitative estimate of drug-likeness (QED) is 0.811. The molecule has 1 aliphatic rings. The van der Waals surface area contributed by atoms with Gasteiger partial charge in [0.1, 0.15) is 5.82 Å². The van der Waals surface area contributed by atoms with Gasteiger partial charge in [0.15, 0.2) is 0 Å². The average molecular weight is 358 g/mol. The third-order valence-electron chi connectivity index (χ3n) is 3.44. The fraction of sp³-hybridized carbons (Fsp3) is 0.429. The lowest BCUT2D eigenvalue weighted by Gasteiger charge is -2.26. The van der Waals surface area contributed by atoms with Gasteiger partial charge < -0.3 is 16.0 Å². The first kappa shape index (κ1) is 15.8. The van der Waals surface area contributed by atoms with E-state index in [0.717, 1.165) is 38.4 Å². The van der Waals surface area contributed by atoms with Gasteiger partial charge in [-0.3, -0.25) is 9.59 Å². The van der Waals surface area contributed by atoms with Gasteiger partial charge >= 0.3 is 0 Å². The van der Waals surface area contributed by atoms with E-state index in [1.165, 1.54) is 6.07 Å². The number of hydrogen-bond donors (Lipinski definition) is 2. The van der Waals surface area contributed by atoms with Crippen molar-refractivity contribution in [3.05, 3.63) is 28.0 Å². The van der Waals surface area contributed by atoms with E-state index in [1.54, 1.807) is 4.90 Å². The van der Waals surface area contributed by atoms with E-state index in [2.05, 4.69) is 21.2 Å². The number of likely N-dealkylation sites (tertiary alicyclic amines) is 1. The number of carbonyl (C=O) groups is 2. The fourth-order valence-corrected chi connectivity index (χ4v) is 2.74. The molecule has 0 spiro atoms. The Kier molecular flexibility index (Phi) is 5.17. The molecule has 2 amide bonds. The third kappa shape index (κ3) is 3.93. The van der Waals surface area contributed by atoms with Gasteiger partial charge in [0.2, 0.25) is 5.91 Å². The van der Waals surface area contributed by atoms with E-state index in [4.69, 9.17) is 5.73 Å². The standard InChI is InChI=1S/C14H17BrFN3O2/c15-10-7-11(16)12(17)6-9(10)14(21)18-8-13(20)19-4-2-1-3-5-19/h6-7H,1-5,8,17H2,(H,18,21). The summed E-state index contributed by atoms with van der Waals surface area (Å²) in [6, 6.07) is 2.39. The first-order valence-electron chi connectivity index (χ1n) is 6.79. The number of nitrogens with zero attached hydrogens (tertiary/aromatic N) is 1. The lowest BCUT2D eigenvalue weighted by molar-refractivity contribution is -0.130. The number of carbonyl (C=O) groups excluding carboxylic acids is 2. The maximum Gasteiger partial charge on any atom is 0.252 e. The molecular formula is C14H17BrFN3O2. The molecule has 1 saturated heterocycles.